The van der Waals surface area contributed by atoms with Gasteiger partial charge in [0, 0.05) is 13.0 Å². The van der Waals surface area contributed by atoms with Crippen molar-refractivity contribution in [1.82, 2.24) is 0 Å². The normalized spacial score (nSPS) is 14.2. The Labute approximate surface area is 383 Å². The number of phosphoric acid groups is 1. The van der Waals surface area contributed by atoms with Crippen LogP contribution < -0.4 is 4.89 Å². The molecule has 0 spiro atoms. The number of rotatable bonds is 46. The van der Waals surface area contributed by atoms with E-state index in [0.29, 0.717) is 24.1 Å². The van der Waals surface area contributed by atoms with Gasteiger partial charge < -0.3 is 27.9 Å². The highest BCUT2D eigenvalue weighted by molar-refractivity contribution is 7.45. The molecule has 0 fully saturated rings. The maximum absolute atomic E-state index is 12.7. The van der Waals surface area contributed by atoms with Crippen LogP contribution in [0.15, 0.2) is 72.9 Å². The van der Waals surface area contributed by atoms with Gasteiger partial charge in [-0.2, -0.15) is 0 Å². The lowest BCUT2D eigenvalue weighted by molar-refractivity contribution is -0.870. The molecule has 0 heterocycles. The molecule has 0 N–H and O–H groups in total. The van der Waals surface area contributed by atoms with Crippen molar-refractivity contribution in [2.75, 3.05) is 54.1 Å². The first-order chi connectivity index (χ1) is 30.1. The van der Waals surface area contributed by atoms with Gasteiger partial charge in [0.05, 0.1) is 34.4 Å². The molecule has 0 aromatic rings. The Morgan fingerprint density at radius 3 is 1.42 bits per heavy atom. The number of likely N-dealkylation sites (N-methyl/N-ethyl adjacent to an activating group) is 1. The fourth-order valence-electron chi connectivity index (χ4n) is 6.63. The van der Waals surface area contributed by atoms with Gasteiger partial charge in [-0.1, -0.05) is 183 Å². The van der Waals surface area contributed by atoms with Crippen molar-refractivity contribution < 1.29 is 37.3 Å². The van der Waals surface area contributed by atoms with Crippen molar-refractivity contribution in [2.24, 2.45) is 0 Å². The first-order valence-corrected chi connectivity index (χ1v) is 26.6. The summed E-state index contributed by atoms with van der Waals surface area (Å²) in [7, 11) is 1.34. The van der Waals surface area contributed by atoms with Gasteiger partial charge in [-0.05, 0) is 83.5 Å². The number of nitrogens with zero attached hydrogens (tertiary/aromatic N) is 1. The zero-order valence-electron chi connectivity index (χ0n) is 40.8. The van der Waals surface area contributed by atoms with E-state index in [1.807, 2.05) is 21.1 Å². The van der Waals surface area contributed by atoms with Crippen LogP contribution in [0.3, 0.4) is 0 Å². The molecule has 8 nitrogen and oxygen atoms in total. The molecule has 0 amide bonds. The molecule has 2 atom stereocenters. The number of hydrogen-bond acceptors (Lipinski definition) is 7. The third-order valence-electron chi connectivity index (χ3n) is 10.5. The van der Waals surface area contributed by atoms with Crippen LogP contribution in [0, 0.1) is 0 Å². The van der Waals surface area contributed by atoms with Gasteiger partial charge in [0.25, 0.3) is 7.82 Å². The Hall–Kier alpha value is -2.06. The van der Waals surface area contributed by atoms with E-state index in [-0.39, 0.29) is 25.8 Å². The molecule has 0 aliphatic carbocycles. The van der Waals surface area contributed by atoms with Crippen LogP contribution in [0.4, 0.5) is 0 Å². The summed E-state index contributed by atoms with van der Waals surface area (Å²) in [4.78, 5) is 25.2. The maximum Gasteiger partial charge on any atom is 0.306 e. The Morgan fingerprint density at radius 2 is 0.935 bits per heavy atom. The lowest BCUT2D eigenvalue weighted by Gasteiger charge is -2.28. The van der Waals surface area contributed by atoms with E-state index in [4.69, 9.17) is 18.5 Å². The van der Waals surface area contributed by atoms with E-state index in [2.05, 4.69) is 86.8 Å². The SMILES string of the molecule is CC/C=C\C/C=C\C/C=C\C/C=C\C/C=C\CCCCCCCCCCCC(=O)OC(COCCCCCCCC/C=C\CCCCCCC)COP(=O)([O-])OCC[N+](C)(C)C. The highest BCUT2D eigenvalue weighted by Gasteiger charge is 2.20. The third kappa shape index (κ3) is 49.0. The predicted octanol–water partition coefficient (Wildman–Crippen LogP) is 14.8. The predicted molar refractivity (Wildman–Crippen MR) is 263 cm³/mol. The lowest BCUT2D eigenvalue weighted by atomic mass is 10.1. The van der Waals surface area contributed by atoms with Crippen molar-refractivity contribution in [2.45, 2.75) is 206 Å². The standard InChI is InChI=1S/C53H96NO7P/c1-6-8-10-12-14-16-18-20-22-23-24-25-26-27-28-29-30-31-32-34-36-38-40-42-44-46-53(55)61-52(51-60-62(56,57)59-49-47-54(3,4)5)50-58-48-45-43-41-39-37-35-33-21-19-17-15-13-11-9-7-2/h8,10,14,16,19-22,24-25,27-28,52H,6-7,9,11-13,15,17-18,23,26,29-51H2,1-5H3/b10-8-,16-14-,21-19-,22-20-,25-24-,28-27-. The summed E-state index contributed by atoms with van der Waals surface area (Å²) in [6.07, 6.45) is 59.2. The summed E-state index contributed by atoms with van der Waals surface area (Å²) in [5.74, 6) is -0.344. The van der Waals surface area contributed by atoms with E-state index in [0.717, 1.165) is 70.6 Å². The Kier molecular flexibility index (Phi) is 44.0. The Balaban J connectivity index is 4.16. The fraction of sp³-hybridized carbons (Fsp3) is 0.755. The molecule has 0 rings (SSSR count). The number of phosphoric ester groups is 1. The highest BCUT2D eigenvalue weighted by Crippen LogP contribution is 2.38. The van der Waals surface area contributed by atoms with Crippen molar-refractivity contribution in [1.29, 1.82) is 0 Å². The van der Waals surface area contributed by atoms with Crippen molar-refractivity contribution in [3.8, 4) is 0 Å². The number of carbonyl (C=O) groups is 1. The molecule has 62 heavy (non-hydrogen) atoms. The van der Waals surface area contributed by atoms with Gasteiger partial charge in [-0.15, -0.1) is 0 Å². The quantitative estimate of drug-likeness (QED) is 0.0197. The summed E-state index contributed by atoms with van der Waals surface area (Å²) in [5, 5.41) is 0. The average Bonchev–Trinajstić information content (AvgIpc) is 3.23. The molecule has 2 unspecified atom stereocenters. The molecule has 0 saturated carbocycles. The molecular formula is C53H96NO7P. The van der Waals surface area contributed by atoms with Gasteiger partial charge >= 0.3 is 5.97 Å². The molecule has 0 bridgehead atoms. The topological polar surface area (TPSA) is 94.1 Å². The number of hydrogen-bond donors (Lipinski definition) is 0. The van der Waals surface area contributed by atoms with Gasteiger partial charge in [-0.25, -0.2) is 0 Å². The molecule has 0 aliphatic heterocycles. The van der Waals surface area contributed by atoms with Crippen LogP contribution in [-0.2, 0) is 27.9 Å². The molecule has 0 aromatic heterocycles. The fourth-order valence-corrected chi connectivity index (χ4v) is 7.35. The first-order valence-electron chi connectivity index (χ1n) is 25.2. The number of esters is 1. The maximum atomic E-state index is 12.7. The molecule has 0 aromatic carbocycles. The van der Waals surface area contributed by atoms with Gasteiger partial charge in [-0.3, -0.25) is 9.36 Å². The van der Waals surface area contributed by atoms with E-state index < -0.39 is 13.9 Å². The van der Waals surface area contributed by atoms with Gasteiger partial charge in [0.1, 0.15) is 19.3 Å². The van der Waals surface area contributed by atoms with Crippen LogP contribution in [0.25, 0.3) is 0 Å². The average molecular weight is 890 g/mol. The Morgan fingerprint density at radius 1 is 0.516 bits per heavy atom. The lowest BCUT2D eigenvalue weighted by Crippen LogP contribution is -2.37. The summed E-state index contributed by atoms with van der Waals surface area (Å²) in [6, 6.07) is 0. The second-order valence-corrected chi connectivity index (χ2v) is 19.2. The zero-order chi connectivity index (χ0) is 45.5. The minimum Gasteiger partial charge on any atom is -0.756 e. The number of allylic oxidation sites excluding steroid dienone is 12. The third-order valence-corrected chi connectivity index (χ3v) is 11.5. The van der Waals surface area contributed by atoms with Crippen LogP contribution >= 0.6 is 7.82 Å². The van der Waals surface area contributed by atoms with Crippen LogP contribution in [0.2, 0.25) is 0 Å². The minimum absolute atomic E-state index is 0.0208. The highest BCUT2D eigenvalue weighted by atomic mass is 31.2. The molecule has 9 heteroatoms. The molecule has 0 saturated heterocycles. The summed E-state index contributed by atoms with van der Waals surface area (Å²) in [5.41, 5.74) is 0. The second-order valence-electron chi connectivity index (χ2n) is 17.8. The summed E-state index contributed by atoms with van der Waals surface area (Å²) < 4.78 is 34.7. The van der Waals surface area contributed by atoms with Crippen molar-refractivity contribution in [3.05, 3.63) is 72.9 Å². The van der Waals surface area contributed by atoms with Crippen LogP contribution in [0.1, 0.15) is 200 Å². The number of ether oxygens (including phenoxy) is 2. The molecule has 0 radical (unpaired) electrons. The first kappa shape index (κ1) is 59.9. The number of carbonyl (C=O) groups excluding carboxylic acids is 1. The molecule has 360 valence electrons. The summed E-state index contributed by atoms with van der Waals surface area (Å²) >= 11 is 0. The monoisotopic (exact) mass is 890 g/mol. The van der Waals surface area contributed by atoms with E-state index in [9.17, 15) is 14.3 Å². The molecule has 0 aliphatic rings. The van der Waals surface area contributed by atoms with E-state index in [1.54, 1.807) is 0 Å². The smallest absolute Gasteiger partial charge is 0.306 e. The number of unbranched alkanes of at least 4 members (excludes halogenated alkanes) is 20. The van der Waals surface area contributed by atoms with E-state index >= 15 is 0 Å². The van der Waals surface area contributed by atoms with Crippen LogP contribution in [0.5, 0.6) is 0 Å². The Bertz CT molecular complexity index is 1220. The zero-order valence-corrected chi connectivity index (χ0v) is 41.7. The van der Waals surface area contributed by atoms with Crippen molar-refractivity contribution >= 4 is 13.8 Å². The largest absolute Gasteiger partial charge is 0.756 e. The number of quaternary nitrogens is 1. The molecular weight excluding hydrogens is 794 g/mol. The van der Waals surface area contributed by atoms with Crippen molar-refractivity contribution in [3.63, 3.8) is 0 Å². The van der Waals surface area contributed by atoms with Gasteiger partial charge in [0.2, 0.25) is 0 Å². The van der Waals surface area contributed by atoms with Gasteiger partial charge in [0.15, 0.2) is 0 Å². The van der Waals surface area contributed by atoms with E-state index in [1.165, 1.54) is 109 Å². The second kappa shape index (κ2) is 45.5. The summed E-state index contributed by atoms with van der Waals surface area (Å²) in [6.45, 7) is 5.27. The van der Waals surface area contributed by atoms with Crippen LogP contribution in [-0.4, -0.2) is 70.7 Å². The minimum atomic E-state index is -4.54.